The Morgan fingerprint density at radius 3 is 2.58 bits per heavy atom. The van der Waals surface area contributed by atoms with Crippen LogP contribution in [-0.2, 0) is 0 Å². The fourth-order valence-corrected chi connectivity index (χ4v) is 3.18. The first-order valence-corrected chi connectivity index (χ1v) is 7.33. The topological polar surface area (TPSA) is 18.8 Å². The Hall–Kier alpha value is -1.51. The summed E-state index contributed by atoms with van der Waals surface area (Å²) in [6, 6.07) is 9.57. The molecule has 1 aromatic carbocycles. The highest BCUT2D eigenvalue weighted by Crippen LogP contribution is 2.34. The molecule has 1 atom stereocenters. The molecule has 1 saturated heterocycles. The van der Waals surface area contributed by atoms with Gasteiger partial charge in [0.25, 0.3) is 0 Å². The maximum atomic E-state index is 4.67. The quantitative estimate of drug-likeness (QED) is 0.811. The van der Waals surface area contributed by atoms with Crippen LogP contribution in [0, 0.1) is 0 Å². The maximum Gasteiger partial charge on any atom is 0.0994 e. The van der Waals surface area contributed by atoms with Crippen LogP contribution in [0.25, 0.3) is 0 Å². The van der Waals surface area contributed by atoms with Crippen LogP contribution in [0.15, 0.2) is 29.3 Å². The van der Waals surface area contributed by atoms with E-state index in [-0.39, 0.29) is 0 Å². The van der Waals surface area contributed by atoms with E-state index in [1.165, 1.54) is 49.3 Å². The number of hydrogen-bond acceptors (Lipinski definition) is 3. The third-order valence-electron chi connectivity index (χ3n) is 4.23. The predicted octanol–water partition coefficient (Wildman–Crippen LogP) is 3.08. The number of nitrogens with zero attached hydrogens (tertiary/aromatic N) is 3. The summed E-state index contributed by atoms with van der Waals surface area (Å²) in [5, 5.41) is 0. The van der Waals surface area contributed by atoms with Gasteiger partial charge in [-0.1, -0.05) is 12.1 Å². The number of rotatable bonds is 2. The molecule has 3 nitrogen and oxygen atoms in total. The van der Waals surface area contributed by atoms with Gasteiger partial charge in [-0.05, 0) is 37.0 Å². The standard InChI is InChI=1S/C16H23N3/c1-18(2)14-9-7-13(8-10-14)15-5-4-12-19(15)16-6-3-11-17-16/h7-10,15H,3-6,11-12H2,1-2H3. The fraction of sp³-hybridized carbons (Fsp3) is 0.562. The van der Waals surface area contributed by atoms with Crippen LogP contribution in [0.4, 0.5) is 5.69 Å². The van der Waals surface area contributed by atoms with Crippen molar-refractivity contribution in [1.82, 2.24) is 4.90 Å². The average Bonchev–Trinajstić information content (AvgIpc) is 3.09. The molecule has 0 bridgehead atoms. The van der Waals surface area contributed by atoms with Gasteiger partial charge < -0.3 is 9.80 Å². The number of amidine groups is 1. The van der Waals surface area contributed by atoms with Gasteiger partial charge in [-0.3, -0.25) is 4.99 Å². The summed E-state index contributed by atoms with van der Waals surface area (Å²) in [6.07, 6.45) is 4.96. The van der Waals surface area contributed by atoms with Gasteiger partial charge in [0.2, 0.25) is 0 Å². The molecule has 3 rings (SSSR count). The van der Waals surface area contributed by atoms with Crippen LogP contribution in [0.1, 0.15) is 37.3 Å². The van der Waals surface area contributed by atoms with Gasteiger partial charge in [0.1, 0.15) is 0 Å². The number of anilines is 1. The fourth-order valence-electron chi connectivity index (χ4n) is 3.18. The van der Waals surface area contributed by atoms with Crippen molar-refractivity contribution < 1.29 is 0 Å². The Bertz CT molecular complexity index is 461. The molecule has 2 aliphatic heterocycles. The van der Waals surface area contributed by atoms with E-state index in [1.807, 2.05) is 0 Å². The highest BCUT2D eigenvalue weighted by atomic mass is 15.2. The van der Waals surface area contributed by atoms with Crippen molar-refractivity contribution >= 4 is 11.5 Å². The van der Waals surface area contributed by atoms with E-state index >= 15 is 0 Å². The molecule has 1 unspecified atom stereocenters. The zero-order chi connectivity index (χ0) is 13.2. The van der Waals surface area contributed by atoms with E-state index in [4.69, 9.17) is 0 Å². The molecule has 2 aliphatic rings. The van der Waals surface area contributed by atoms with Crippen LogP contribution in [-0.4, -0.2) is 37.9 Å². The maximum absolute atomic E-state index is 4.67. The molecule has 0 aromatic heterocycles. The minimum atomic E-state index is 0.549. The first-order chi connectivity index (χ1) is 9.25. The monoisotopic (exact) mass is 257 g/mol. The average molecular weight is 257 g/mol. The lowest BCUT2D eigenvalue weighted by atomic mass is 10.0. The number of aliphatic imine (C=N–C) groups is 1. The molecule has 3 heteroatoms. The second kappa shape index (κ2) is 5.24. The Morgan fingerprint density at radius 2 is 1.95 bits per heavy atom. The third-order valence-corrected chi connectivity index (χ3v) is 4.23. The highest BCUT2D eigenvalue weighted by molar-refractivity contribution is 5.84. The van der Waals surface area contributed by atoms with Crippen molar-refractivity contribution in [3.05, 3.63) is 29.8 Å². The molecule has 0 amide bonds. The number of likely N-dealkylation sites (tertiary alicyclic amines) is 1. The van der Waals surface area contributed by atoms with E-state index in [0.717, 1.165) is 6.54 Å². The summed E-state index contributed by atoms with van der Waals surface area (Å²) >= 11 is 0. The van der Waals surface area contributed by atoms with Gasteiger partial charge in [0.05, 0.1) is 11.9 Å². The SMILES string of the molecule is CN(C)c1ccc(C2CCCN2C2=NCCC2)cc1. The second-order valence-electron chi connectivity index (χ2n) is 5.74. The lowest BCUT2D eigenvalue weighted by Gasteiger charge is -2.27. The van der Waals surface area contributed by atoms with Crippen LogP contribution in [0.2, 0.25) is 0 Å². The van der Waals surface area contributed by atoms with Crippen molar-refractivity contribution in [2.45, 2.75) is 31.7 Å². The largest absolute Gasteiger partial charge is 0.378 e. The van der Waals surface area contributed by atoms with E-state index < -0.39 is 0 Å². The molecule has 0 spiro atoms. The van der Waals surface area contributed by atoms with Crippen LogP contribution in [0.5, 0.6) is 0 Å². The number of hydrogen-bond donors (Lipinski definition) is 0. The van der Waals surface area contributed by atoms with Crippen molar-refractivity contribution in [2.24, 2.45) is 4.99 Å². The lowest BCUT2D eigenvalue weighted by molar-refractivity contribution is 0.395. The molecule has 0 radical (unpaired) electrons. The molecule has 2 heterocycles. The summed E-state index contributed by atoms with van der Waals surface area (Å²) in [4.78, 5) is 9.36. The summed E-state index contributed by atoms with van der Waals surface area (Å²) in [5.74, 6) is 1.35. The van der Waals surface area contributed by atoms with Crippen LogP contribution < -0.4 is 4.90 Å². The third kappa shape index (κ3) is 2.46. The van der Waals surface area contributed by atoms with Gasteiger partial charge in [0, 0.05) is 39.3 Å². The van der Waals surface area contributed by atoms with Crippen LogP contribution >= 0.6 is 0 Å². The van der Waals surface area contributed by atoms with E-state index in [1.54, 1.807) is 0 Å². The van der Waals surface area contributed by atoms with Gasteiger partial charge in [-0.15, -0.1) is 0 Å². The van der Waals surface area contributed by atoms with E-state index in [9.17, 15) is 0 Å². The summed E-state index contributed by atoms with van der Waals surface area (Å²) in [7, 11) is 4.17. The zero-order valence-electron chi connectivity index (χ0n) is 12.0. The Labute approximate surface area is 115 Å². The Morgan fingerprint density at radius 1 is 1.16 bits per heavy atom. The first-order valence-electron chi connectivity index (χ1n) is 7.33. The molecule has 0 N–H and O–H groups in total. The lowest BCUT2D eigenvalue weighted by Crippen LogP contribution is -2.29. The molecule has 1 aromatic rings. The smallest absolute Gasteiger partial charge is 0.0994 e. The van der Waals surface area contributed by atoms with Gasteiger partial charge >= 0.3 is 0 Å². The molecule has 102 valence electrons. The molecule has 0 aliphatic carbocycles. The van der Waals surface area contributed by atoms with Crippen molar-refractivity contribution in [2.75, 3.05) is 32.1 Å². The van der Waals surface area contributed by atoms with Gasteiger partial charge in [-0.25, -0.2) is 0 Å². The Kier molecular flexibility index (Phi) is 3.45. The van der Waals surface area contributed by atoms with Crippen LogP contribution in [0.3, 0.4) is 0 Å². The van der Waals surface area contributed by atoms with E-state index in [2.05, 4.69) is 53.2 Å². The minimum absolute atomic E-state index is 0.549. The molecular weight excluding hydrogens is 234 g/mol. The number of benzene rings is 1. The Balaban J connectivity index is 1.80. The second-order valence-corrected chi connectivity index (χ2v) is 5.74. The first kappa shape index (κ1) is 12.5. The van der Waals surface area contributed by atoms with Crippen molar-refractivity contribution in [1.29, 1.82) is 0 Å². The van der Waals surface area contributed by atoms with E-state index in [0.29, 0.717) is 6.04 Å². The van der Waals surface area contributed by atoms with Gasteiger partial charge in [-0.2, -0.15) is 0 Å². The van der Waals surface area contributed by atoms with Crippen molar-refractivity contribution in [3.63, 3.8) is 0 Å². The normalized spacial score (nSPS) is 22.7. The van der Waals surface area contributed by atoms with Crippen molar-refractivity contribution in [3.8, 4) is 0 Å². The van der Waals surface area contributed by atoms with Gasteiger partial charge in [0.15, 0.2) is 0 Å². The summed E-state index contributed by atoms with van der Waals surface area (Å²) in [5.41, 5.74) is 2.71. The minimum Gasteiger partial charge on any atom is -0.378 e. The predicted molar refractivity (Wildman–Crippen MR) is 81.0 cm³/mol. The molecule has 1 fully saturated rings. The summed E-state index contributed by atoms with van der Waals surface area (Å²) in [6.45, 7) is 2.21. The molecule has 0 saturated carbocycles. The summed E-state index contributed by atoms with van der Waals surface area (Å²) < 4.78 is 0. The molecule has 19 heavy (non-hydrogen) atoms. The molecular formula is C16H23N3. The highest BCUT2D eigenvalue weighted by Gasteiger charge is 2.29. The zero-order valence-corrected chi connectivity index (χ0v) is 12.0.